The molecular formula is C15H16BrFN2O2. The second-order valence-corrected chi connectivity index (χ2v) is 5.06. The zero-order valence-electron chi connectivity index (χ0n) is 11.7. The Morgan fingerprint density at radius 3 is 3.00 bits per heavy atom. The van der Waals surface area contributed by atoms with Gasteiger partial charge in [0.05, 0.1) is 0 Å². The lowest BCUT2D eigenvalue weighted by Crippen LogP contribution is -2.26. The first kappa shape index (κ1) is 17.3. The Hall–Kier alpha value is -1.71. The summed E-state index contributed by atoms with van der Waals surface area (Å²) in [5.74, 6) is -1.01. The summed E-state index contributed by atoms with van der Waals surface area (Å²) >= 11 is 3.22. The van der Waals surface area contributed by atoms with Gasteiger partial charge in [0.15, 0.2) is 0 Å². The third kappa shape index (κ3) is 6.06. The van der Waals surface area contributed by atoms with Gasteiger partial charge in [-0.05, 0) is 37.6 Å². The number of nitrogens with one attached hydrogen (secondary N) is 1. The number of nitriles is 1. The predicted octanol–water partition coefficient (Wildman–Crippen LogP) is 3.04. The molecule has 0 aliphatic carbocycles. The van der Waals surface area contributed by atoms with Crippen molar-refractivity contribution in [2.45, 2.75) is 13.3 Å². The molecule has 0 unspecified atom stereocenters. The zero-order chi connectivity index (χ0) is 15.7. The van der Waals surface area contributed by atoms with Crippen molar-refractivity contribution < 1.29 is 13.9 Å². The van der Waals surface area contributed by atoms with Gasteiger partial charge in [-0.2, -0.15) is 5.26 Å². The van der Waals surface area contributed by atoms with Gasteiger partial charge < -0.3 is 10.1 Å². The SMILES string of the molecule is CCOCCCNC(=O)C(C#N)=Cc1cc(Br)ccc1F. The van der Waals surface area contributed by atoms with Gasteiger partial charge in [0.2, 0.25) is 0 Å². The predicted molar refractivity (Wildman–Crippen MR) is 81.8 cm³/mol. The van der Waals surface area contributed by atoms with Gasteiger partial charge in [0.1, 0.15) is 17.5 Å². The summed E-state index contributed by atoms with van der Waals surface area (Å²) in [4.78, 5) is 11.8. The van der Waals surface area contributed by atoms with Crippen LogP contribution in [0.4, 0.5) is 4.39 Å². The van der Waals surface area contributed by atoms with Crippen LogP contribution in [-0.4, -0.2) is 25.7 Å². The highest BCUT2D eigenvalue weighted by Crippen LogP contribution is 2.18. The maximum absolute atomic E-state index is 13.6. The van der Waals surface area contributed by atoms with E-state index in [1.54, 1.807) is 12.1 Å². The van der Waals surface area contributed by atoms with Crippen LogP contribution in [0.5, 0.6) is 0 Å². The largest absolute Gasteiger partial charge is 0.382 e. The number of hydrogen-bond acceptors (Lipinski definition) is 3. The standard InChI is InChI=1S/C15H16BrFN2O2/c1-2-21-7-3-6-19-15(20)12(10-18)8-11-9-13(16)4-5-14(11)17/h4-5,8-9H,2-3,6-7H2,1H3,(H,19,20). The van der Waals surface area contributed by atoms with Crippen molar-refractivity contribution >= 4 is 27.9 Å². The maximum Gasteiger partial charge on any atom is 0.261 e. The first-order valence-corrected chi connectivity index (χ1v) is 7.30. The van der Waals surface area contributed by atoms with E-state index in [9.17, 15) is 9.18 Å². The Morgan fingerprint density at radius 1 is 1.57 bits per heavy atom. The van der Waals surface area contributed by atoms with E-state index in [-0.39, 0.29) is 11.1 Å². The molecule has 0 aliphatic heterocycles. The number of carbonyl (C=O) groups is 1. The third-order valence-corrected chi connectivity index (χ3v) is 3.07. The lowest BCUT2D eigenvalue weighted by atomic mass is 10.1. The molecule has 4 nitrogen and oxygen atoms in total. The molecule has 0 fully saturated rings. The quantitative estimate of drug-likeness (QED) is 0.465. The first-order chi connectivity index (χ1) is 10.1. The monoisotopic (exact) mass is 354 g/mol. The topological polar surface area (TPSA) is 62.1 Å². The van der Waals surface area contributed by atoms with Gasteiger partial charge in [-0.15, -0.1) is 0 Å². The fraction of sp³-hybridized carbons (Fsp3) is 0.333. The number of hydrogen-bond donors (Lipinski definition) is 1. The molecule has 0 aromatic heterocycles. The number of amides is 1. The molecule has 21 heavy (non-hydrogen) atoms. The Kier molecular flexibility index (Phi) is 7.65. The molecule has 0 spiro atoms. The van der Waals surface area contributed by atoms with E-state index in [1.807, 2.05) is 6.92 Å². The van der Waals surface area contributed by atoms with E-state index < -0.39 is 11.7 Å². The summed E-state index contributed by atoms with van der Waals surface area (Å²) in [7, 11) is 0. The molecule has 1 amide bonds. The van der Waals surface area contributed by atoms with Crippen molar-refractivity contribution in [1.29, 1.82) is 5.26 Å². The number of nitrogens with zero attached hydrogens (tertiary/aromatic N) is 1. The Bertz CT molecular complexity index is 567. The molecule has 1 aromatic rings. The van der Waals surface area contributed by atoms with Gasteiger partial charge in [-0.25, -0.2) is 4.39 Å². The van der Waals surface area contributed by atoms with Crippen molar-refractivity contribution in [3.63, 3.8) is 0 Å². The lowest BCUT2D eigenvalue weighted by molar-refractivity contribution is -0.117. The zero-order valence-corrected chi connectivity index (χ0v) is 13.2. The van der Waals surface area contributed by atoms with Crippen LogP contribution >= 0.6 is 15.9 Å². The molecule has 1 rings (SSSR count). The van der Waals surface area contributed by atoms with E-state index >= 15 is 0 Å². The summed E-state index contributed by atoms with van der Waals surface area (Å²) in [6.07, 6.45) is 1.89. The normalized spacial score (nSPS) is 11.0. The fourth-order valence-electron chi connectivity index (χ4n) is 1.55. The van der Waals surface area contributed by atoms with Crippen molar-refractivity contribution in [3.05, 3.63) is 39.6 Å². The van der Waals surface area contributed by atoms with Crippen molar-refractivity contribution in [1.82, 2.24) is 5.32 Å². The fourth-order valence-corrected chi connectivity index (χ4v) is 1.92. The van der Waals surface area contributed by atoms with Crippen molar-refractivity contribution in [3.8, 4) is 6.07 Å². The van der Waals surface area contributed by atoms with Crippen LogP contribution in [-0.2, 0) is 9.53 Å². The van der Waals surface area contributed by atoms with E-state index in [2.05, 4.69) is 21.2 Å². The molecule has 0 radical (unpaired) electrons. The summed E-state index contributed by atoms with van der Waals surface area (Å²) in [6, 6.07) is 6.11. The van der Waals surface area contributed by atoms with E-state index in [1.165, 1.54) is 18.2 Å². The second-order valence-electron chi connectivity index (χ2n) is 4.14. The summed E-state index contributed by atoms with van der Waals surface area (Å²) < 4.78 is 19.4. The molecule has 0 heterocycles. The minimum absolute atomic E-state index is 0.136. The summed E-state index contributed by atoms with van der Waals surface area (Å²) in [6.45, 7) is 3.46. The number of halogens is 2. The molecular weight excluding hydrogens is 339 g/mol. The lowest BCUT2D eigenvalue weighted by Gasteiger charge is -2.05. The smallest absolute Gasteiger partial charge is 0.261 e. The third-order valence-electron chi connectivity index (χ3n) is 2.58. The number of ether oxygens (including phenoxy) is 1. The number of carbonyl (C=O) groups excluding carboxylic acids is 1. The second kappa shape index (κ2) is 9.27. The molecule has 0 aliphatic rings. The van der Waals surface area contributed by atoms with Crippen LogP contribution in [0.2, 0.25) is 0 Å². The van der Waals surface area contributed by atoms with Crippen LogP contribution in [0.25, 0.3) is 6.08 Å². The Labute approximate surface area is 131 Å². The average molecular weight is 355 g/mol. The van der Waals surface area contributed by atoms with Crippen LogP contribution in [0.3, 0.4) is 0 Å². The first-order valence-electron chi connectivity index (χ1n) is 6.51. The van der Waals surface area contributed by atoms with Crippen LogP contribution in [0.15, 0.2) is 28.2 Å². The molecule has 0 saturated carbocycles. The van der Waals surface area contributed by atoms with Crippen LogP contribution in [0.1, 0.15) is 18.9 Å². The average Bonchev–Trinajstić information content (AvgIpc) is 2.47. The molecule has 1 aromatic carbocycles. The molecule has 1 N–H and O–H groups in total. The molecule has 0 atom stereocenters. The highest BCUT2D eigenvalue weighted by molar-refractivity contribution is 9.10. The van der Waals surface area contributed by atoms with E-state index in [0.29, 0.717) is 30.7 Å². The van der Waals surface area contributed by atoms with Gasteiger partial charge in [0.25, 0.3) is 5.91 Å². The number of benzene rings is 1. The van der Waals surface area contributed by atoms with E-state index in [0.717, 1.165) is 0 Å². The maximum atomic E-state index is 13.6. The van der Waals surface area contributed by atoms with Gasteiger partial charge in [-0.1, -0.05) is 15.9 Å². The molecule has 112 valence electrons. The molecule has 0 bridgehead atoms. The van der Waals surface area contributed by atoms with Crippen LogP contribution in [0, 0.1) is 17.1 Å². The van der Waals surface area contributed by atoms with Gasteiger partial charge in [0, 0.05) is 29.8 Å². The molecule has 6 heteroatoms. The Morgan fingerprint density at radius 2 is 2.33 bits per heavy atom. The van der Waals surface area contributed by atoms with Crippen molar-refractivity contribution in [2.24, 2.45) is 0 Å². The van der Waals surface area contributed by atoms with E-state index in [4.69, 9.17) is 10.00 Å². The molecule has 0 saturated heterocycles. The number of rotatable bonds is 7. The highest BCUT2D eigenvalue weighted by atomic mass is 79.9. The van der Waals surface area contributed by atoms with Crippen LogP contribution < -0.4 is 5.32 Å². The van der Waals surface area contributed by atoms with Crippen molar-refractivity contribution in [2.75, 3.05) is 19.8 Å². The highest BCUT2D eigenvalue weighted by Gasteiger charge is 2.10. The summed E-state index contributed by atoms with van der Waals surface area (Å²) in [5, 5.41) is 11.6. The summed E-state index contributed by atoms with van der Waals surface area (Å²) in [5.41, 5.74) is 0.0498. The Balaban J connectivity index is 2.69. The minimum atomic E-state index is -0.520. The van der Waals surface area contributed by atoms with Gasteiger partial charge in [-0.3, -0.25) is 4.79 Å². The van der Waals surface area contributed by atoms with Gasteiger partial charge >= 0.3 is 0 Å². The minimum Gasteiger partial charge on any atom is -0.382 e.